The van der Waals surface area contributed by atoms with Crippen LogP contribution in [0.3, 0.4) is 0 Å². The highest BCUT2D eigenvalue weighted by molar-refractivity contribution is 7.11. The van der Waals surface area contributed by atoms with E-state index >= 15 is 0 Å². The number of fused-ring (bicyclic) bond motifs is 1. The van der Waals surface area contributed by atoms with E-state index in [1.165, 1.54) is 49.0 Å². The SMILES string of the molecule is O=C(c1csc(C2=CCNCC2)c1)N1CCCC2CCCCC21. The summed E-state index contributed by atoms with van der Waals surface area (Å²) in [6.45, 7) is 2.95. The smallest absolute Gasteiger partial charge is 0.254 e. The lowest BCUT2D eigenvalue weighted by Crippen LogP contribution is -2.49. The summed E-state index contributed by atoms with van der Waals surface area (Å²) in [7, 11) is 0. The molecule has 4 rings (SSSR count). The Bertz CT molecular complexity index is 604. The van der Waals surface area contributed by atoms with E-state index in [9.17, 15) is 4.79 Å². The van der Waals surface area contributed by atoms with Gasteiger partial charge in [0.2, 0.25) is 0 Å². The van der Waals surface area contributed by atoms with E-state index in [2.05, 4.69) is 27.7 Å². The molecular weight excluding hydrogens is 304 g/mol. The summed E-state index contributed by atoms with van der Waals surface area (Å²) in [6.07, 6.45) is 11.0. The molecule has 1 amide bonds. The van der Waals surface area contributed by atoms with Gasteiger partial charge in [-0.05, 0) is 56.2 Å². The minimum absolute atomic E-state index is 0.277. The molecule has 1 N–H and O–H groups in total. The molecule has 2 aliphatic heterocycles. The van der Waals surface area contributed by atoms with Crippen molar-refractivity contribution in [3.05, 3.63) is 28.0 Å². The van der Waals surface area contributed by atoms with E-state index in [-0.39, 0.29) is 5.91 Å². The summed E-state index contributed by atoms with van der Waals surface area (Å²) in [5.74, 6) is 1.03. The molecule has 1 aromatic rings. The zero-order valence-corrected chi connectivity index (χ0v) is 14.5. The highest BCUT2D eigenvalue weighted by Gasteiger charge is 2.36. The first-order valence-electron chi connectivity index (χ1n) is 9.12. The van der Waals surface area contributed by atoms with Crippen molar-refractivity contribution in [2.24, 2.45) is 5.92 Å². The second-order valence-corrected chi connectivity index (χ2v) is 8.05. The fourth-order valence-corrected chi connectivity index (χ4v) is 5.46. The molecular formula is C19H26N2OS. The van der Waals surface area contributed by atoms with Gasteiger partial charge in [0.1, 0.15) is 0 Å². The molecule has 3 nitrogen and oxygen atoms in total. The Morgan fingerprint density at radius 1 is 1.22 bits per heavy atom. The lowest BCUT2D eigenvalue weighted by molar-refractivity contribution is 0.0391. The van der Waals surface area contributed by atoms with Crippen molar-refractivity contribution in [3.8, 4) is 0 Å². The molecule has 1 saturated carbocycles. The van der Waals surface area contributed by atoms with E-state index in [0.717, 1.165) is 37.5 Å². The van der Waals surface area contributed by atoms with Gasteiger partial charge in [0.15, 0.2) is 0 Å². The monoisotopic (exact) mass is 330 g/mol. The highest BCUT2D eigenvalue weighted by Crippen LogP contribution is 2.36. The predicted octanol–water partition coefficient (Wildman–Crippen LogP) is 3.92. The molecule has 0 aromatic carbocycles. The topological polar surface area (TPSA) is 32.3 Å². The number of thiophene rings is 1. The maximum absolute atomic E-state index is 13.1. The summed E-state index contributed by atoms with van der Waals surface area (Å²) in [5.41, 5.74) is 2.32. The third-order valence-electron chi connectivity index (χ3n) is 5.73. The van der Waals surface area contributed by atoms with Gasteiger partial charge in [0, 0.05) is 29.4 Å². The van der Waals surface area contributed by atoms with Crippen LogP contribution in [0, 0.1) is 5.92 Å². The van der Waals surface area contributed by atoms with Crippen molar-refractivity contribution in [1.82, 2.24) is 10.2 Å². The first-order valence-corrected chi connectivity index (χ1v) is 10.0. The molecule has 124 valence electrons. The molecule has 4 heteroatoms. The van der Waals surface area contributed by atoms with Crippen LogP contribution in [-0.4, -0.2) is 36.5 Å². The van der Waals surface area contributed by atoms with Crippen LogP contribution >= 0.6 is 11.3 Å². The second-order valence-electron chi connectivity index (χ2n) is 7.14. The molecule has 0 spiro atoms. The van der Waals surface area contributed by atoms with Gasteiger partial charge < -0.3 is 10.2 Å². The third-order valence-corrected chi connectivity index (χ3v) is 6.74. The number of carbonyl (C=O) groups excluding carboxylic acids is 1. The standard InChI is InChI=1S/C19H26N2OS/c22-19(21-11-3-5-14-4-1-2-6-17(14)21)16-12-18(23-13-16)15-7-9-20-10-8-15/h7,12-14,17,20H,1-6,8-11H2. The summed E-state index contributed by atoms with van der Waals surface area (Å²) >= 11 is 1.73. The minimum atomic E-state index is 0.277. The highest BCUT2D eigenvalue weighted by atomic mass is 32.1. The number of nitrogens with one attached hydrogen (secondary N) is 1. The molecule has 3 aliphatic rings. The van der Waals surface area contributed by atoms with Crippen molar-refractivity contribution >= 4 is 22.8 Å². The van der Waals surface area contributed by atoms with Gasteiger partial charge in [0.25, 0.3) is 5.91 Å². The Balaban J connectivity index is 1.52. The summed E-state index contributed by atoms with van der Waals surface area (Å²) < 4.78 is 0. The largest absolute Gasteiger partial charge is 0.335 e. The van der Waals surface area contributed by atoms with Crippen LogP contribution in [0.5, 0.6) is 0 Å². The maximum Gasteiger partial charge on any atom is 0.254 e. The Morgan fingerprint density at radius 2 is 2.09 bits per heavy atom. The van der Waals surface area contributed by atoms with Crippen LogP contribution in [0.25, 0.3) is 5.57 Å². The Hall–Kier alpha value is -1.13. The summed E-state index contributed by atoms with van der Waals surface area (Å²) in [4.78, 5) is 16.5. The lowest BCUT2D eigenvalue weighted by Gasteiger charge is -2.44. The van der Waals surface area contributed by atoms with Crippen molar-refractivity contribution in [2.75, 3.05) is 19.6 Å². The van der Waals surface area contributed by atoms with Crippen LogP contribution in [0.15, 0.2) is 17.5 Å². The average Bonchev–Trinajstić information content (AvgIpc) is 3.11. The van der Waals surface area contributed by atoms with Crippen molar-refractivity contribution in [1.29, 1.82) is 0 Å². The van der Waals surface area contributed by atoms with Gasteiger partial charge >= 0.3 is 0 Å². The first kappa shape index (κ1) is 15.4. The van der Waals surface area contributed by atoms with Crippen LogP contribution in [-0.2, 0) is 0 Å². The minimum Gasteiger partial charge on any atom is -0.335 e. The molecule has 1 aliphatic carbocycles. The van der Waals surface area contributed by atoms with Gasteiger partial charge in [-0.15, -0.1) is 11.3 Å². The number of piperidine rings is 1. The molecule has 3 heterocycles. The van der Waals surface area contributed by atoms with Crippen LogP contribution in [0.2, 0.25) is 0 Å². The van der Waals surface area contributed by atoms with E-state index in [1.54, 1.807) is 11.3 Å². The Kier molecular flexibility index (Phi) is 4.54. The number of hydrogen-bond acceptors (Lipinski definition) is 3. The van der Waals surface area contributed by atoms with Crippen LogP contribution in [0.1, 0.15) is 60.2 Å². The van der Waals surface area contributed by atoms with E-state index in [1.807, 2.05) is 0 Å². The van der Waals surface area contributed by atoms with Gasteiger partial charge in [-0.25, -0.2) is 0 Å². The molecule has 23 heavy (non-hydrogen) atoms. The number of carbonyl (C=O) groups is 1. The van der Waals surface area contributed by atoms with Gasteiger partial charge in [-0.1, -0.05) is 18.9 Å². The van der Waals surface area contributed by atoms with E-state index < -0.39 is 0 Å². The molecule has 2 atom stereocenters. The van der Waals surface area contributed by atoms with E-state index in [4.69, 9.17) is 0 Å². The molecule has 2 unspecified atom stereocenters. The van der Waals surface area contributed by atoms with Crippen molar-refractivity contribution < 1.29 is 4.79 Å². The second kappa shape index (κ2) is 6.78. The number of nitrogens with zero attached hydrogens (tertiary/aromatic N) is 1. The van der Waals surface area contributed by atoms with Gasteiger partial charge in [0.05, 0.1) is 5.56 Å². The van der Waals surface area contributed by atoms with Crippen molar-refractivity contribution in [2.45, 2.75) is 51.0 Å². The average molecular weight is 330 g/mol. The zero-order valence-electron chi connectivity index (χ0n) is 13.7. The molecule has 2 fully saturated rings. The van der Waals surface area contributed by atoms with E-state index in [0.29, 0.717) is 6.04 Å². The summed E-state index contributed by atoms with van der Waals surface area (Å²) in [6, 6.07) is 2.64. The molecule has 1 saturated heterocycles. The lowest BCUT2D eigenvalue weighted by atomic mass is 9.78. The Labute approximate surface area is 142 Å². The van der Waals surface area contributed by atoms with Crippen LogP contribution in [0.4, 0.5) is 0 Å². The zero-order chi connectivity index (χ0) is 15.6. The fraction of sp³-hybridized carbons (Fsp3) is 0.632. The Morgan fingerprint density at radius 3 is 2.96 bits per heavy atom. The molecule has 0 radical (unpaired) electrons. The van der Waals surface area contributed by atoms with Gasteiger partial charge in [-0.3, -0.25) is 4.79 Å². The number of amides is 1. The number of likely N-dealkylation sites (tertiary alicyclic amines) is 1. The van der Waals surface area contributed by atoms with Gasteiger partial charge in [-0.2, -0.15) is 0 Å². The number of hydrogen-bond donors (Lipinski definition) is 1. The fourth-order valence-electron chi connectivity index (χ4n) is 4.51. The summed E-state index contributed by atoms with van der Waals surface area (Å²) in [5, 5.41) is 5.43. The van der Waals surface area contributed by atoms with Crippen LogP contribution < -0.4 is 5.32 Å². The first-order chi connectivity index (χ1) is 11.3. The number of rotatable bonds is 2. The normalized spacial score (nSPS) is 28.2. The van der Waals surface area contributed by atoms with Crippen molar-refractivity contribution in [3.63, 3.8) is 0 Å². The molecule has 1 aromatic heterocycles. The predicted molar refractivity (Wildman–Crippen MR) is 95.8 cm³/mol. The molecule has 0 bridgehead atoms. The maximum atomic E-state index is 13.1. The third kappa shape index (κ3) is 3.11. The quantitative estimate of drug-likeness (QED) is 0.891.